The first-order chi connectivity index (χ1) is 17.7. The Hall–Kier alpha value is -3.55. The Kier molecular flexibility index (Phi) is 10.3. The standard InChI is InChI=1S/C30H43N3O5/c1-8-30(7,27(31)36)33(16-12-15-22-13-10-9-11-14-22)26(35)25(32-28(37)38-29(4,5)6)19-24-20(2)17-23(34)18-21(24)3/h9-11,13-14,17-18,25,34H,8,12,15-16,19H2,1-7H3,(H2,31,36)(H,32,37). The number of nitrogens with zero attached hydrogens (tertiary/aromatic N) is 1. The van der Waals surface area contributed by atoms with Crippen LogP contribution < -0.4 is 11.1 Å². The summed E-state index contributed by atoms with van der Waals surface area (Å²) >= 11 is 0. The zero-order chi connectivity index (χ0) is 28.7. The molecule has 2 rings (SSSR count). The van der Waals surface area contributed by atoms with Gasteiger partial charge in [0.25, 0.3) is 0 Å². The molecule has 2 atom stereocenters. The first-order valence-corrected chi connectivity index (χ1v) is 13.1. The summed E-state index contributed by atoms with van der Waals surface area (Å²) in [6, 6.07) is 12.1. The van der Waals surface area contributed by atoms with E-state index in [2.05, 4.69) is 5.32 Å². The van der Waals surface area contributed by atoms with Crippen LogP contribution in [0.5, 0.6) is 5.75 Å². The number of aromatic hydroxyl groups is 1. The molecule has 0 aromatic heterocycles. The van der Waals surface area contributed by atoms with Crippen LogP contribution in [-0.2, 0) is 27.2 Å². The van der Waals surface area contributed by atoms with Crippen molar-refractivity contribution in [3.8, 4) is 5.75 Å². The Morgan fingerprint density at radius 2 is 1.63 bits per heavy atom. The average Bonchev–Trinajstić information content (AvgIpc) is 2.81. The molecule has 0 heterocycles. The van der Waals surface area contributed by atoms with Crippen molar-refractivity contribution < 1.29 is 24.2 Å². The molecule has 0 aliphatic heterocycles. The van der Waals surface area contributed by atoms with Crippen molar-refractivity contribution in [3.05, 3.63) is 64.7 Å². The van der Waals surface area contributed by atoms with E-state index in [-0.39, 0.29) is 18.7 Å². The number of amides is 3. The summed E-state index contributed by atoms with van der Waals surface area (Å²) in [4.78, 5) is 41.2. The van der Waals surface area contributed by atoms with Crippen LogP contribution in [0.25, 0.3) is 0 Å². The molecular formula is C30H43N3O5. The molecule has 3 amide bonds. The molecule has 0 spiro atoms. The summed E-state index contributed by atoms with van der Waals surface area (Å²) in [6.07, 6.45) is 1.06. The molecule has 0 saturated carbocycles. The van der Waals surface area contributed by atoms with E-state index in [0.717, 1.165) is 22.3 Å². The van der Waals surface area contributed by atoms with Gasteiger partial charge in [0.1, 0.15) is 22.9 Å². The zero-order valence-electron chi connectivity index (χ0n) is 23.8. The van der Waals surface area contributed by atoms with E-state index < -0.39 is 35.1 Å². The lowest BCUT2D eigenvalue weighted by Crippen LogP contribution is -2.62. The SMILES string of the molecule is CCC(C)(C(N)=O)N(CCCc1ccccc1)C(=O)C(Cc1c(C)cc(O)cc1C)NC(=O)OC(C)(C)C. The Morgan fingerprint density at radius 1 is 1.05 bits per heavy atom. The number of benzene rings is 2. The average molecular weight is 526 g/mol. The molecule has 0 aliphatic rings. The molecule has 8 nitrogen and oxygen atoms in total. The van der Waals surface area contributed by atoms with Crippen LogP contribution in [0.4, 0.5) is 4.79 Å². The molecule has 0 bridgehead atoms. The number of aryl methyl sites for hydroxylation is 3. The summed E-state index contributed by atoms with van der Waals surface area (Å²) in [6.45, 7) is 12.7. The molecule has 0 radical (unpaired) electrons. The third-order valence-electron chi connectivity index (χ3n) is 6.85. The number of phenols is 1. The van der Waals surface area contributed by atoms with Crippen molar-refractivity contribution in [2.24, 2.45) is 5.73 Å². The molecule has 2 aromatic carbocycles. The molecule has 38 heavy (non-hydrogen) atoms. The third-order valence-corrected chi connectivity index (χ3v) is 6.85. The minimum absolute atomic E-state index is 0.126. The van der Waals surface area contributed by atoms with Gasteiger partial charge in [-0.1, -0.05) is 37.3 Å². The van der Waals surface area contributed by atoms with E-state index in [0.29, 0.717) is 19.3 Å². The molecule has 2 unspecified atom stereocenters. The van der Waals surface area contributed by atoms with Crippen LogP contribution in [0.15, 0.2) is 42.5 Å². The van der Waals surface area contributed by atoms with Gasteiger partial charge in [-0.25, -0.2) is 4.79 Å². The van der Waals surface area contributed by atoms with E-state index in [1.807, 2.05) is 51.1 Å². The van der Waals surface area contributed by atoms with Gasteiger partial charge in [-0.3, -0.25) is 9.59 Å². The van der Waals surface area contributed by atoms with Gasteiger partial charge < -0.3 is 25.8 Å². The predicted molar refractivity (Wildman–Crippen MR) is 149 cm³/mol. The minimum Gasteiger partial charge on any atom is -0.508 e. The van der Waals surface area contributed by atoms with Crippen molar-refractivity contribution in [2.75, 3.05) is 6.54 Å². The Bertz CT molecular complexity index is 1100. The van der Waals surface area contributed by atoms with Crippen LogP contribution in [0.1, 0.15) is 69.7 Å². The molecule has 8 heteroatoms. The Morgan fingerprint density at radius 3 is 2.13 bits per heavy atom. The number of nitrogens with two attached hydrogens (primary N) is 1. The Labute approximate surface area is 226 Å². The van der Waals surface area contributed by atoms with E-state index >= 15 is 0 Å². The first kappa shape index (κ1) is 30.7. The second-order valence-electron chi connectivity index (χ2n) is 11.0. The summed E-state index contributed by atoms with van der Waals surface area (Å²) in [5.41, 5.74) is 7.34. The molecule has 208 valence electrons. The number of hydrogen-bond acceptors (Lipinski definition) is 5. The molecular weight excluding hydrogens is 482 g/mol. The molecule has 2 aromatic rings. The van der Waals surface area contributed by atoms with Crippen LogP contribution >= 0.6 is 0 Å². The highest BCUT2D eigenvalue weighted by Gasteiger charge is 2.42. The summed E-state index contributed by atoms with van der Waals surface area (Å²) in [5, 5.41) is 12.7. The zero-order valence-corrected chi connectivity index (χ0v) is 23.8. The van der Waals surface area contributed by atoms with E-state index in [4.69, 9.17) is 10.5 Å². The van der Waals surface area contributed by atoms with Gasteiger partial charge in [-0.15, -0.1) is 0 Å². The maximum Gasteiger partial charge on any atom is 0.408 e. The fourth-order valence-corrected chi connectivity index (χ4v) is 4.52. The number of nitrogens with one attached hydrogen (secondary N) is 1. The fourth-order valence-electron chi connectivity index (χ4n) is 4.52. The summed E-state index contributed by atoms with van der Waals surface area (Å²) < 4.78 is 5.46. The number of phenolic OH excluding ortho intramolecular Hbond substituents is 1. The number of hydrogen-bond donors (Lipinski definition) is 3. The number of alkyl carbamates (subject to hydrolysis) is 1. The second-order valence-corrected chi connectivity index (χ2v) is 11.0. The lowest BCUT2D eigenvalue weighted by atomic mass is 9.91. The van der Waals surface area contributed by atoms with E-state index in [9.17, 15) is 19.5 Å². The lowest BCUT2D eigenvalue weighted by Gasteiger charge is -2.40. The summed E-state index contributed by atoms with van der Waals surface area (Å²) in [7, 11) is 0. The first-order valence-electron chi connectivity index (χ1n) is 13.1. The maximum absolute atomic E-state index is 14.2. The van der Waals surface area contributed by atoms with Gasteiger partial charge in [-0.2, -0.15) is 0 Å². The number of ether oxygens (including phenoxy) is 1. The Balaban J connectivity index is 2.45. The second kappa shape index (κ2) is 12.8. The van der Waals surface area contributed by atoms with Crippen molar-refractivity contribution >= 4 is 17.9 Å². The molecule has 0 aliphatic carbocycles. The van der Waals surface area contributed by atoms with Crippen LogP contribution in [-0.4, -0.2) is 51.6 Å². The highest BCUT2D eigenvalue weighted by Crippen LogP contribution is 2.26. The topological polar surface area (TPSA) is 122 Å². The van der Waals surface area contributed by atoms with Crippen molar-refractivity contribution in [1.29, 1.82) is 0 Å². The molecule has 0 fully saturated rings. The van der Waals surface area contributed by atoms with Crippen molar-refractivity contribution in [3.63, 3.8) is 0 Å². The van der Waals surface area contributed by atoms with E-state index in [1.165, 1.54) is 4.90 Å². The fraction of sp³-hybridized carbons (Fsp3) is 0.500. The molecule has 0 saturated heterocycles. The summed E-state index contributed by atoms with van der Waals surface area (Å²) in [5.74, 6) is -0.901. The van der Waals surface area contributed by atoms with Crippen molar-refractivity contribution in [1.82, 2.24) is 10.2 Å². The normalized spacial score (nSPS) is 13.8. The monoisotopic (exact) mass is 525 g/mol. The van der Waals surface area contributed by atoms with Gasteiger partial charge in [0.2, 0.25) is 11.8 Å². The number of carbonyl (C=O) groups is 3. The van der Waals surface area contributed by atoms with Gasteiger partial charge in [-0.05, 0) is 95.2 Å². The quantitative estimate of drug-likeness (QED) is 0.397. The highest BCUT2D eigenvalue weighted by atomic mass is 16.6. The smallest absolute Gasteiger partial charge is 0.408 e. The number of carbonyl (C=O) groups excluding carboxylic acids is 3. The largest absolute Gasteiger partial charge is 0.508 e. The van der Waals surface area contributed by atoms with Gasteiger partial charge in [0.05, 0.1) is 0 Å². The van der Waals surface area contributed by atoms with Crippen LogP contribution in [0.3, 0.4) is 0 Å². The minimum atomic E-state index is -1.25. The van der Waals surface area contributed by atoms with Gasteiger partial charge >= 0.3 is 6.09 Å². The third kappa shape index (κ3) is 8.23. The van der Waals surface area contributed by atoms with Crippen LogP contribution in [0.2, 0.25) is 0 Å². The highest BCUT2D eigenvalue weighted by molar-refractivity contribution is 5.93. The van der Waals surface area contributed by atoms with Crippen molar-refractivity contribution in [2.45, 2.75) is 91.3 Å². The number of rotatable bonds is 11. The maximum atomic E-state index is 14.2. The number of primary amides is 1. The van der Waals surface area contributed by atoms with Crippen LogP contribution in [0, 0.1) is 13.8 Å². The van der Waals surface area contributed by atoms with E-state index in [1.54, 1.807) is 39.8 Å². The van der Waals surface area contributed by atoms with Gasteiger partial charge in [0, 0.05) is 13.0 Å². The predicted octanol–water partition coefficient (Wildman–Crippen LogP) is 4.56. The molecule has 4 N–H and O–H groups in total. The lowest BCUT2D eigenvalue weighted by molar-refractivity contribution is -0.147. The van der Waals surface area contributed by atoms with Gasteiger partial charge in [0.15, 0.2) is 0 Å².